The molecule has 0 spiro atoms. The molecule has 1 amide bonds. The van der Waals surface area contributed by atoms with Crippen LogP contribution < -0.4 is 10.6 Å². The number of hydrogen-bond acceptors (Lipinski definition) is 2. The third-order valence-corrected chi connectivity index (χ3v) is 2.27. The smallest absolute Gasteiger partial charge is 0.251 e. The molecule has 1 aromatic rings. The first-order chi connectivity index (χ1) is 7.63. The van der Waals surface area contributed by atoms with Crippen LogP contribution >= 0.6 is 0 Å². The zero-order chi connectivity index (χ0) is 12.0. The molecule has 16 heavy (non-hydrogen) atoms. The summed E-state index contributed by atoms with van der Waals surface area (Å²) in [5.41, 5.74) is 1.91. The summed E-state index contributed by atoms with van der Waals surface area (Å²) in [6.07, 6.45) is 0. The second-order valence-electron chi connectivity index (χ2n) is 4.09. The van der Waals surface area contributed by atoms with Gasteiger partial charge >= 0.3 is 0 Å². The van der Waals surface area contributed by atoms with Crippen molar-refractivity contribution < 1.29 is 4.79 Å². The van der Waals surface area contributed by atoms with Gasteiger partial charge in [-0.1, -0.05) is 26.0 Å². The van der Waals surface area contributed by atoms with E-state index >= 15 is 0 Å². The molecule has 3 nitrogen and oxygen atoms in total. The van der Waals surface area contributed by atoms with Crippen molar-refractivity contribution in [2.24, 2.45) is 0 Å². The minimum absolute atomic E-state index is 0.00845. The fraction of sp³-hybridized carbons (Fsp3) is 0.462. The van der Waals surface area contributed by atoms with Crippen LogP contribution in [0.3, 0.4) is 0 Å². The minimum atomic E-state index is -0.00845. The molecule has 0 atom stereocenters. The summed E-state index contributed by atoms with van der Waals surface area (Å²) >= 11 is 0. The highest BCUT2D eigenvalue weighted by Gasteiger charge is 2.03. The van der Waals surface area contributed by atoms with E-state index < -0.39 is 0 Å². The van der Waals surface area contributed by atoms with E-state index in [-0.39, 0.29) is 5.91 Å². The molecule has 0 aromatic heterocycles. The van der Waals surface area contributed by atoms with Gasteiger partial charge in [0, 0.05) is 24.7 Å². The van der Waals surface area contributed by atoms with E-state index in [9.17, 15) is 4.79 Å². The lowest BCUT2D eigenvalue weighted by Crippen LogP contribution is -2.23. The van der Waals surface area contributed by atoms with E-state index in [1.807, 2.05) is 31.2 Å². The van der Waals surface area contributed by atoms with Gasteiger partial charge < -0.3 is 10.6 Å². The van der Waals surface area contributed by atoms with Crippen LogP contribution in [0.1, 0.15) is 36.7 Å². The van der Waals surface area contributed by atoms with Crippen molar-refractivity contribution in [2.45, 2.75) is 33.4 Å². The summed E-state index contributed by atoms with van der Waals surface area (Å²) < 4.78 is 0. The number of nitrogens with one attached hydrogen (secondary N) is 2. The first-order valence-electron chi connectivity index (χ1n) is 5.74. The Hall–Kier alpha value is -1.35. The molecule has 0 saturated heterocycles. The maximum absolute atomic E-state index is 11.5. The van der Waals surface area contributed by atoms with Crippen LogP contribution in [-0.4, -0.2) is 18.5 Å². The van der Waals surface area contributed by atoms with E-state index in [2.05, 4.69) is 24.5 Å². The summed E-state index contributed by atoms with van der Waals surface area (Å²) in [5, 5.41) is 6.11. The van der Waals surface area contributed by atoms with Gasteiger partial charge in [0.25, 0.3) is 5.91 Å². The molecule has 0 fully saturated rings. The maximum Gasteiger partial charge on any atom is 0.251 e. The first kappa shape index (κ1) is 12.7. The predicted molar refractivity (Wildman–Crippen MR) is 66.4 cm³/mol. The van der Waals surface area contributed by atoms with Crippen molar-refractivity contribution in [3.8, 4) is 0 Å². The quantitative estimate of drug-likeness (QED) is 0.796. The van der Waals surface area contributed by atoms with Crippen LogP contribution in [0, 0.1) is 0 Å². The Morgan fingerprint density at radius 2 is 1.88 bits per heavy atom. The number of amides is 1. The lowest BCUT2D eigenvalue weighted by molar-refractivity contribution is 0.0956. The second kappa shape index (κ2) is 6.28. The Kier molecular flexibility index (Phi) is 4.99. The zero-order valence-electron chi connectivity index (χ0n) is 10.2. The van der Waals surface area contributed by atoms with Crippen LogP contribution in [0.15, 0.2) is 24.3 Å². The fourth-order valence-electron chi connectivity index (χ4n) is 1.36. The molecule has 3 heteroatoms. The largest absolute Gasteiger partial charge is 0.352 e. The highest BCUT2D eigenvalue weighted by Crippen LogP contribution is 2.04. The van der Waals surface area contributed by atoms with Crippen LogP contribution in [0.5, 0.6) is 0 Å². The van der Waals surface area contributed by atoms with Crippen molar-refractivity contribution in [3.63, 3.8) is 0 Å². The molecule has 0 aliphatic rings. The summed E-state index contributed by atoms with van der Waals surface area (Å²) in [6, 6.07) is 8.17. The van der Waals surface area contributed by atoms with Gasteiger partial charge in [-0.3, -0.25) is 4.79 Å². The van der Waals surface area contributed by atoms with Gasteiger partial charge in [-0.05, 0) is 24.6 Å². The summed E-state index contributed by atoms with van der Waals surface area (Å²) in [5.74, 6) is -0.00845. The predicted octanol–water partition coefficient (Wildman–Crippen LogP) is 1.93. The van der Waals surface area contributed by atoms with Gasteiger partial charge in [0.15, 0.2) is 0 Å². The number of carbonyl (C=O) groups excluding carboxylic acids is 1. The van der Waals surface area contributed by atoms with Gasteiger partial charge in [-0.2, -0.15) is 0 Å². The molecule has 0 aliphatic heterocycles. The lowest BCUT2D eigenvalue weighted by atomic mass is 10.1. The maximum atomic E-state index is 11.5. The molecule has 0 bridgehead atoms. The molecular formula is C13H20N2O. The molecule has 0 aliphatic carbocycles. The van der Waals surface area contributed by atoms with E-state index in [1.165, 1.54) is 5.56 Å². The summed E-state index contributed by atoms with van der Waals surface area (Å²) in [7, 11) is 0. The average Bonchev–Trinajstić information content (AvgIpc) is 2.27. The van der Waals surface area contributed by atoms with Crippen molar-refractivity contribution in [1.82, 2.24) is 10.6 Å². The SMILES string of the molecule is CCNC(=O)c1ccc(CNC(C)C)cc1. The van der Waals surface area contributed by atoms with Crippen molar-refractivity contribution in [3.05, 3.63) is 35.4 Å². The van der Waals surface area contributed by atoms with Crippen molar-refractivity contribution >= 4 is 5.91 Å². The minimum Gasteiger partial charge on any atom is -0.352 e. The van der Waals surface area contributed by atoms with Crippen LogP contribution in [-0.2, 0) is 6.54 Å². The topological polar surface area (TPSA) is 41.1 Å². The van der Waals surface area contributed by atoms with E-state index in [4.69, 9.17) is 0 Å². The monoisotopic (exact) mass is 220 g/mol. The standard InChI is InChI=1S/C13H20N2O/c1-4-14-13(16)12-7-5-11(6-8-12)9-15-10(2)3/h5-8,10,15H,4,9H2,1-3H3,(H,14,16). The molecule has 1 rings (SSSR count). The van der Waals surface area contributed by atoms with Gasteiger partial charge in [0.05, 0.1) is 0 Å². The van der Waals surface area contributed by atoms with Crippen molar-refractivity contribution in [2.75, 3.05) is 6.54 Å². The Labute approximate surface area is 97.2 Å². The molecule has 2 N–H and O–H groups in total. The molecule has 88 valence electrons. The zero-order valence-corrected chi connectivity index (χ0v) is 10.2. The Morgan fingerprint density at radius 3 is 2.38 bits per heavy atom. The van der Waals surface area contributed by atoms with Gasteiger partial charge in [-0.25, -0.2) is 0 Å². The molecule has 0 saturated carbocycles. The van der Waals surface area contributed by atoms with Crippen LogP contribution in [0.4, 0.5) is 0 Å². The fourth-order valence-corrected chi connectivity index (χ4v) is 1.36. The number of hydrogen-bond donors (Lipinski definition) is 2. The summed E-state index contributed by atoms with van der Waals surface area (Å²) in [6.45, 7) is 7.65. The van der Waals surface area contributed by atoms with E-state index in [1.54, 1.807) is 0 Å². The lowest BCUT2D eigenvalue weighted by Gasteiger charge is -2.08. The third-order valence-electron chi connectivity index (χ3n) is 2.27. The Bertz CT molecular complexity index is 330. The highest BCUT2D eigenvalue weighted by molar-refractivity contribution is 5.94. The number of benzene rings is 1. The van der Waals surface area contributed by atoms with Crippen molar-refractivity contribution in [1.29, 1.82) is 0 Å². The third kappa shape index (κ3) is 4.03. The van der Waals surface area contributed by atoms with E-state index in [0.29, 0.717) is 12.6 Å². The summed E-state index contributed by atoms with van der Waals surface area (Å²) in [4.78, 5) is 11.5. The molecule has 0 unspecified atom stereocenters. The number of rotatable bonds is 5. The first-order valence-corrected chi connectivity index (χ1v) is 5.74. The molecule has 0 radical (unpaired) electrons. The second-order valence-corrected chi connectivity index (χ2v) is 4.09. The van der Waals surface area contributed by atoms with Crippen LogP contribution in [0.25, 0.3) is 0 Å². The molecular weight excluding hydrogens is 200 g/mol. The van der Waals surface area contributed by atoms with E-state index in [0.717, 1.165) is 12.1 Å². The highest BCUT2D eigenvalue weighted by atomic mass is 16.1. The van der Waals surface area contributed by atoms with Gasteiger partial charge in [0.1, 0.15) is 0 Å². The Morgan fingerprint density at radius 1 is 1.25 bits per heavy atom. The van der Waals surface area contributed by atoms with Gasteiger partial charge in [0.2, 0.25) is 0 Å². The number of carbonyl (C=O) groups is 1. The van der Waals surface area contributed by atoms with Crippen LogP contribution in [0.2, 0.25) is 0 Å². The Balaban J connectivity index is 2.57. The average molecular weight is 220 g/mol. The van der Waals surface area contributed by atoms with Gasteiger partial charge in [-0.15, -0.1) is 0 Å². The normalized spacial score (nSPS) is 10.5. The molecule has 0 heterocycles. The molecule has 1 aromatic carbocycles.